The summed E-state index contributed by atoms with van der Waals surface area (Å²) in [5.74, 6) is -0.638. The number of hydrogen-bond acceptors (Lipinski definition) is 4. The summed E-state index contributed by atoms with van der Waals surface area (Å²) in [5.41, 5.74) is 5.24. The second kappa shape index (κ2) is 5.37. The van der Waals surface area contributed by atoms with Crippen molar-refractivity contribution in [3.63, 3.8) is 0 Å². The Hall–Kier alpha value is -1.93. The second-order valence-corrected chi connectivity index (χ2v) is 5.50. The van der Waals surface area contributed by atoms with Crippen molar-refractivity contribution in [2.24, 2.45) is 5.73 Å². The van der Waals surface area contributed by atoms with Crippen molar-refractivity contribution in [1.29, 1.82) is 0 Å². The Labute approximate surface area is 110 Å². The molecule has 1 heterocycles. The minimum Gasteiger partial charge on any atom is -0.329 e. The van der Waals surface area contributed by atoms with Gasteiger partial charge in [-0.05, 0) is 12.1 Å². The lowest BCUT2D eigenvalue weighted by Gasteiger charge is -2.06. The summed E-state index contributed by atoms with van der Waals surface area (Å²) in [5, 5.41) is 3.86. The minimum atomic E-state index is -3.85. The van der Waals surface area contributed by atoms with Gasteiger partial charge in [0.2, 0.25) is 0 Å². The van der Waals surface area contributed by atoms with E-state index >= 15 is 0 Å². The van der Waals surface area contributed by atoms with Crippen molar-refractivity contribution in [3.8, 4) is 0 Å². The van der Waals surface area contributed by atoms with E-state index in [4.69, 9.17) is 5.73 Å². The van der Waals surface area contributed by atoms with Crippen LogP contribution >= 0.6 is 0 Å². The summed E-state index contributed by atoms with van der Waals surface area (Å²) in [7, 11) is -3.85. The summed E-state index contributed by atoms with van der Waals surface area (Å²) >= 11 is 0. The molecule has 0 bridgehead atoms. The highest BCUT2D eigenvalue weighted by molar-refractivity contribution is 7.92. The van der Waals surface area contributed by atoms with Crippen molar-refractivity contribution in [3.05, 3.63) is 42.5 Å². The van der Waals surface area contributed by atoms with Gasteiger partial charge in [-0.2, -0.15) is 5.10 Å². The van der Waals surface area contributed by atoms with Crippen molar-refractivity contribution in [1.82, 2.24) is 9.78 Å². The molecule has 3 N–H and O–H groups in total. The molecule has 0 atom stereocenters. The fourth-order valence-electron chi connectivity index (χ4n) is 1.49. The third-order valence-corrected chi connectivity index (χ3v) is 3.72. The standard InChI is InChI=1S/C11H13FN4O2S/c12-10-3-1-2-4-11(10)15-19(17,18)9-7-14-16(8-9)6-5-13/h1-4,7-8,15H,5-6,13H2. The molecule has 0 aliphatic heterocycles. The van der Waals surface area contributed by atoms with Gasteiger partial charge in [0.15, 0.2) is 0 Å². The van der Waals surface area contributed by atoms with Crippen LogP contribution in [0, 0.1) is 5.82 Å². The maximum absolute atomic E-state index is 13.4. The number of nitrogens with zero attached hydrogens (tertiary/aromatic N) is 2. The Morgan fingerprint density at radius 1 is 1.37 bits per heavy atom. The topological polar surface area (TPSA) is 90.0 Å². The Balaban J connectivity index is 2.25. The fourth-order valence-corrected chi connectivity index (χ4v) is 2.50. The number of anilines is 1. The quantitative estimate of drug-likeness (QED) is 0.849. The smallest absolute Gasteiger partial charge is 0.265 e. The first-order valence-electron chi connectivity index (χ1n) is 5.53. The molecule has 6 nitrogen and oxygen atoms in total. The van der Waals surface area contributed by atoms with Crippen LogP contribution in [-0.4, -0.2) is 24.7 Å². The lowest BCUT2D eigenvalue weighted by molar-refractivity contribution is 0.597. The number of aromatic nitrogens is 2. The molecule has 0 aliphatic carbocycles. The number of rotatable bonds is 5. The average Bonchev–Trinajstić information content (AvgIpc) is 2.82. The summed E-state index contributed by atoms with van der Waals surface area (Å²) in [6, 6.07) is 5.54. The first kappa shape index (κ1) is 13.5. The number of para-hydroxylation sites is 1. The zero-order chi connectivity index (χ0) is 13.9. The molecule has 0 radical (unpaired) electrons. The second-order valence-electron chi connectivity index (χ2n) is 3.81. The van der Waals surface area contributed by atoms with Gasteiger partial charge in [0, 0.05) is 12.7 Å². The molecule has 2 rings (SSSR count). The van der Waals surface area contributed by atoms with Gasteiger partial charge in [0.05, 0.1) is 18.4 Å². The number of benzene rings is 1. The zero-order valence-corrected chi connectivity index (χ0v) is 10.8. The fraction of sp³-hybridized carbons (Fsp3) is 0.182. The first-order valence-corrected chi connectivity index (χ1v) is 7.01. The molecule has 0 saturated carbocycles. The molecule has 0 unspecified atom stereocenters. The van der Waals surface area contributed by atoms with Crippen molar-refractivity contribution >= 4 is 15.7 Å². The van der Waals surface area contributed by atoms with Crippen molar-refractivity contribution < 1.29 is 12.8 Å². The zero-order valence-electron chi connectivity index (χ0n) is 9.95. The molecule has 1 aromatic heterocycles. The van der Waals surface area contributed by atoms with Crippen LogP contribution in [0.15, 0.2) is 41.6 Å². The van der Waals surface area contributed by atoms with Gasteiger partial charge in [-0.1, -0.05) is 12.1 Å². The van der Waals surface area contributed by atoms with Gasteiger partial charge < -0.3 is 5.73 Å². The molecular formula is C11H13FN4O2S. The molecule has 102 valence electrons. The van der Waals surface area contributed by atoms with Crippen LogP contribution in [0.2, 0.25) is 0 Å². The maximum Gasteiger partial charge on any atom is 0.265 e. The molecule has 1 aromatic carbocycles. The van der Waals surface area contributed by atoms with Crippen LogP contribution in [0.5, 0.6) is 0 Å². The number of sulfonamides is 1. The average molecular weight is 284 g/mol. The van der Waals surface area contributed by atoms with Gasteiger partial charge in [-0.25, -0.2) is 12.8 Å². The van der Waals surface area contributed by atoms with Crippen LogP contribution in [0.1, 0.15) is 0 Å². The van der Waals surface area contributed by atoms with Crippen molar-refractivity contribution in [2.75, 3.05) is 11.3 Å². The van der Waals surface area contributed by atoms with Crippen LogP contribution in [0.3, 0.4) is 0 Å². The molecule has 8 heteroatoms. The largest absolute Gasteiger partial charge is 0.329 e. The maximum atomic E-state index is 13.4. The summed E-state index contributed by atoms with van der Waals surface area (Å²) in [6.45, 7) is 0.761. The van der Waals surface area contributed by atoms with Gasteiger partial charge in [0.25, 0.3) is 10.0 Å². The highest BCUT2D eigenvalue weighted by atomic mass is 32.2. The first-order chi connectivity index (χ1) is 9.03. The third-order valence-electron chi connectivity index (χ3n) is 2.40. The number of nitrogens with two attached hydrogens (primary N) is 1. The van der Waals surface area contributed by atoms with E-state index in [1.807, 2.05) is 0 Å². The van der Waals surface area contributed by atoms with E-state index in [2.05, 4.69) is 9.82 Å². The molecule has 19 heavy (non-hydrogen) atoms. The lowest BCUT2D eigenvalue weighted by atomic mass is 10.3. The molecular weight excluding hydrogens is 271 g/mol. The molecule has 0 spiro atoms. The van der Waals surface area contributed by atoms with E-state index in [9.17, 15) is 12.8 Å². The Bertz CT molecular complexity index is 669. The van der Waals surface area contributed by atoms with E-state index in [0.717, 1.165) is 0 Å². The highest BCUT2D eigenvalue weighted by Crippen LogP contribution is 2.18. The Morgan fingerprint density at radius 3 is 2.79 bits per heavy atom. The predicted octanol–water partition coefficient (Wildman–Crippen LogP) is 0.782. The molecule has 0 amide bonds. The number of hydrogen-bond donors (Lipinski definition) is 2. The molecule has 0 saturated heterocycles. The monoisotopic (exact) mass is 284 g/mol. The van der Waals surface area contributed by atoms with E-state index in [0.29, 0.717) is 13.1 Å². The van der Waals surface area contributed by atoms with Crippen LogP contribution in [0.25, 0.3) is 0 Å². The minimum absolute atomic E-state index is 0.0378. The van der Waals surface area contributed by atoms with Crippen LogP contribution in [-0.2, 0) is 16.6 Å². The third kappa shape index (κ3) is 3.09. The number of nitrogens with one attached hydrogen (secondary N) is 1. The summed E-state index contributed by atoms with van der Waals surface area (Å²) in [6.07, 6.45) is 2.54. The van der Waals surface area contributed by atoms with Crippen LogP contribution in [0.4, 0.5) is 10.1 Å². The van der Waals surface area contributed by atoms with Gasteiger partial charge >= 0.3 is 0 Å². The SMILES string of the molecule is NCCn1cc(S(=O)(=O)Nc2ccccc2F)cn1. The van der Waals surface area contributed by atoms with Crippen LogP contribution < -0.4 is 10.5 Å². The summed E-state index contributed by atoms with van der Waals surface area (Å²) < 4.78 is 41.0. The highest BCUT2D eigenvalue weighted by Gasteiger charge is 2.18. The van der Waals surface area contributed by atoms with Crippen molar-refractivity contribution in [2.45, 2.75) is 11.4 Å². The molecule has 0 aliphatic rings. The van der Waals surface area contributed by atoms with E-state index < -0.39 is 15.8 Å². The lowest BCUT2D eigenvalue weighted by Crippen LogP contribution is -2.14. The van der Waals surface area contributed by atoms with Gasteiger partial charge in [-0.3, -0.25) is 9.40 Å². The van der Waals surface area contributed by atoms with E-state index in [-0.39, 0.29) is 10.6 Å². The van der Waals surface area contributed by atoms with Gasteiger partial charge in [0.1, 0.15) is 10.7 Å². The Kier molecular flexibility index (Phi) is 3.82. The predicted molar refractivity (Wildman–Crippen MR) is 68.5 cm³/mol. The van der Waals surface area contributed by atoms with E-state index in [1.165, 1.54) is 35.3 Å². The summed E-state index contributed by atoms with van der Waals surface area (Å²) in [4.78, 5) is -0.0378. The number of halogens is 1. The molecule has 0 fully saturated rings. The van der Waals surface area contributed by atoms with Gasteiger partial charge in [-0.15, -0.1) is 0 Å². The molecule has 2 aromatic rings. The normalized spacial score (nSPS) is 11.5. The Morgan fingerprint density at radius 2 is 2.11 bits per heavy atom. The van der Waals surface area contributed by atoms with E-state index in [1.54, 1.807) is 6.07 Å².